The van der Waals surface area contributed by atoms with Gasteiger partial charge in [0.15, 0.2) is 0 Å². The van der Waals surface area contributed by atoms with Gasteiger partial charge in [0.1, 0.15) is 17.1 Å². The summed E-state index contributed by atoms with van der Waals surface area (Å²) in [6, 6.07) is 13.5. The van der Waals surface area contributed by atoms with E-state index in [1.54, 1.807) is 50.7 Å². The van der Waals surface area contributed by atoms with Crippen LogP contribution in [0.4, 0.5) is 5.69 Å². The summed E-state index contributed by atoms with van der Waals surface area (Å²) < 4.78 is 12.1. The van der Waals surface area contributed by atoms with Crippen LogP contribution in [-0.2, 0) is 7.05 Å². The lowest BCUT2D eigenvalue weighted by Crippen LogP contribution is -2.27. The second-order valence-corrected chi connectivity index (χ2v) is 5.46. The number of ether oxygens (including phenoxy) is 2. The van der Waals surface area contributed by atoms with E-state index >= 15 is 0 Å². The number of nitrogens with one attached hydrogen (secondary N) is 1. The number of rotatable bonds is 5. The summed E-state index contributed by atoms with van der Waals surface area (Å²) in [4.78, 5) is 28.4. The molecule has 1 N–H and O–H groups in total. The van der Waals surface area contributed by atoms with Crippen LogP contribution in [0.5, 0.6) is 17.4 Å². The van der Waals surface area contributed by atoms with Crippen molar-refractivity contribution in [3.05, 3.63) is 76.8 Å². The van der Waals surface area contributed by atoms with Crippen molar-refractivity contribution < 1.29 is 14.3 Å². The first-order chi connectivity index (χ1) is 12.6. The fourth-order valence-electron chi connectivity index (χ4n) is 2.27. The zero-order chi connectivity index (χ0) is 18.5. The van der Waals surface area contributed by atoms with Crippen LogP contribution >= 0.6 is 0 Å². The Hall–Kier alpha value is -3.61. The van der Waals surface area contributed by atoms with Gasteiger partial charge in [-0.25, -0.2) is 4.98 Å². The van der Waals surface area contributed by atoms with E-state index < -0.39 is 5.91 Å². The zero-order valence-corrected chi connectivity index (χ0v) is 14.3. The second kappa shape index (κ2) is 7.52. The average molecular weight is 351 g/mol. The number of nitrogens with zero attached hydrogens (tertiary/aromatic N) is 2. The van der Waals surface area contributed by atoms with Gasteiger partial charge in [0.25, 0.3) is 11.5 Å². The lowest BCUT2D eigenvalue weighted by molar-refractivity contribution is 0.102. The van der Waals surface area contributed by atoms with Crippen LogP contribution in [0.15, 0.2) is 65.7 Å². The number of aryl methyl sites for hydroxylation is 1. The van der Waals surface area contributed by atoms with Gasteiger partial charge in [-0.2, -0.15) is 0 Å². The molecule has 1 amide bonds. The molecule has 0 aliphatic carbocycles. The van der Waals surface area contributed by atoms with Crippen LogP contribution in [0.25, 0.3) is 0 Å². The fourth-order valence-corrected chi connectivity index (χ4v) is 2.27. The van der Waals surface area contributed by atoms with Crippen LogP contribution < -0.4 is 20.3 Å². The highest BCUT2D eigenvalue weighted by atomic mass is 16.5. The molecule has 26 heavy (non-hydrogen) atoms. The predicted octanol–water partition coefficient (Wildman–Crippen LogP) is 2.83. The molecule has 0 saturated carbocycles. The van der Waals surface area contributed by atoms with Crippen LogP contribution in [0.2, 0.25) is 0 Å². The van der Waals surface area contributed by atoms with Crippen molar-refractivity contribution in [2.75, 3.05) is 12.4 Å². The number of aromatic nitrogens is 2. The third kappa shape index (κ3) is 3.89. The van der Waals surface area contributed by atoms with Crippen molar-refractivity contribution in [3.8, 4) is 17.4 Å². The van der Waals surface area contributed by atoms with E-state index in [1.807, 2.05) is 12.1 Å². The summed E-state index contributed by atoms with van der Waals surface area (Å²) >= 11 is 0. The molecule has 2 aromatic heterocycles. The molecule has 7 heteroatoms. The summed E-state index contributed by atoms with van der Waals surface area (Å²) in [5, 5.41) is 2.65. The maximum atomic E-state index is 12.2. The van der Waals surface area contributed by atoms with E-state index in [4.69, 9.17) is 9.47 Å². The van der Waals surface area contributed by atoms with Crippen molar-refractivity contribution in [3.63, 3.8) is 0 Å². The molecule has 0 spiro atoms. The van der Waals surface area contributed by atoms with E-state index in [0.717, 1.165) is 0 Å². The number of anilines is 1. The summed E-state index contributed by atoms with van der Waals surface area (Å²) in [7, 11) is 3.17. The topological polar surface area (TPSA) is 82.5 Å². The average Bonchev–Trinajstić information content (AvgIpc) is 2.65. The minimum atomic E-state index is -0.491. The van der Waals surface area contributed by atoms with E-state index in [1.165, 1.54) is 16.8 Å². The highest BCUT2D eigenvalue weighted by Crippen LogP contribution is 2.24. The van der Waals surface area contributed by atoms with Crippen molar-refractivity contribution in [1.29, 1.82) is 0 Å². The highest BCUT2D eigenvalue weighted by Gasteiger charge is 2.11. The van der Waals surface area contributed by atoms with Crippen LogP contribution in [-0.4, -0.2) is 22.6 Å². The van der Waals surface area contributed by atoms with Gasteiger partial charge in [-0.15, -0.1) is 0 Å². The number of hydrogen-bond donors (Lipinski definition) is 1. The van der Waals surface area contributed by atoms with Gasteiger partial charge in [-0.05, 0) is 30.3 Å². The van der Waals surface area contributed by atoms with Gasteiger partial charge in [0.2, 0.25) is 5.88 Å². The Labute approximate surface area is 149 Å². The number of hydrogen-bond acceptors (Lipinski definition) is 5. The third-order valence-electron chi connectivity index (χ3n) is 3.63. The lowest BCUT2D eigenvalue weighted by atomic mass is 10.2. The molecule has 2 heterocycles. The van der Waals surface area contributed by atoms with Crippen LogP contribution in [0.3, 0.4) is 0 Å². The van der Waals surface area contributed by atoms with Gasteiger partial charge in [0, 0.05) is 25.4 Å². The normalized spacial score (nSPS) is 10.2. The minimum absolute atomic E-state index is 0.0618. The first-order valence-electron chi connectivity index (χ1n) is 7.82. The number of carbonyl (C=O) groups is 1. The molecule has 0 bridgehead atoms. The predicted molar refractivity (Wildman–Crippen MR) is 96.9 cm³/mol. The van der Waals surface area contributed by atoms with E-state index in [-0.39, 0.29) is 11.1 Å². The molecule has 0 unspecified atom stereocenters. The maximum absolute atomic E-state index is 12.2. The third-order valence-corrected chi connectivity index (χ3v) is 3.63. The molecular weight excluding hydrogens is 334 g/mol. The molecule has 1 aromatic carbocycles. The number of amides is 1. The van der Waals surface area contributed by atoms with E-state index in [2.05, 4.69) is 10.3 Å². The Kier molecular flexibility index (Phi) is 4.98. The molecule has 0 aliphatic heterocycles. The molecule has 3 rings (SSSR count). The summed E-state index contributed by atoms with van der Waals surface area (Å²) in [6.45, 7) is 0. The minimum Gasteiger partial charge on any atom is -0.497 e. The van der Waals surface area contributed by atoms with Gasteiger partial charge in [-0.3, -0.25) is 9.59 Å². The quantitative estimate of drug-likeness (QED) is 0.764. The van der Waals surface area contributed by atoms with Gasteiger partial charge < -0.3 is 19.4 Å². The Morgan fingerprint density at radius 3 is 2.65 bits per heavy atom. The van der Waals surface area contributed by atoms with Crippen molar-refractivity contribution >= 4 is 11.6 Å². The monoisotopic (exact) mass is 351 g/mol. The molecular formula is C19H17N3O4. The van der Waals surface area contributed by atoms with Crippen molar-refractivity contribution in [2.45, 2.75) is 0 Å². The number of carbonyl (C=O) groups excluding carboxylic acids is 1. The number of pyridine rings is 2. The highest BCUT2D eigenvalue weighted by molar-refractivity contribution is 6.03. The first kappa shape index (κ1) is 17.2. The molecule has 0 fully saturated rings. The molecule has 7 nitrogen and oxygen atoms in total. The summed E-state index contributed by atoms with van der Waals surface area (Å²) in [5.41, 5.74) is 0.154. The Morgan fingerprint density at radius 2 is 1.92 bits per heavy atom. The van der Waals surface area contributed by atoms with Gasteiger partial charge in [0.05, 0.1) is 19.0 Å². The Balaban J connectivity index is 1.70. The first-order valence-corrected chi connectivity index (χ1v) is 7.82. The van der Waals surface area contributed by atoms with Gasteiger partial charge >= 0.3 is 0 Å². The standard InChI is InChI=1S/C19H17N3O4/c1-22-10-4-7-16(19(22)24)18(23)21-13-8-9-17(20-12-13)26-15-6-3-5-14(11-15)25-2/h3-12H,1-2H3,(H,21,23). The van der Waals surface area contributed by atoms with Crippen molar-refractivity contribution in [1.82, 2.24) is 9.55 Å². The van der Waals surface area contributed by atoms with E-state index in [0.29, 0.717) is 23.1 Å². The van der Waals surface area contributed by atoms with Crippen molar-refractivity contribution in [2.24, 2.45) is 7.05 Å². The second-order valence-electron chi connectivity index (χ2n) is 5.46. The zero-order valence-electron chi connectivity index (χ0n) is 14.3. The van der Waals surface area contributed by atoms with Gasteiger partial charge in [-0.1, -0.05) is 6.07 Å². The molecule has 3 aromatic rings. The van der Waals surface area contributed by atoms with E-state index in [9.17, 15) is 9.59 Å². The molecule has 0 radical (unpaired) electrons. The van der Waals surface area contributed by atoms with Crippen LogP contribution in [0.1, 0.15) is 10.4 Å². The lowest BCUT2D eigenvalue weighted by Gasteiger charge is -2.08. The molecule has 132 valence electrons. The number of benzene rings is 1. The SMILES string of the molecule is COc1cccc(Oc2ccc(NC(=O)c3cccn(C)c3=O)cn2)c1. The maximum Gasteiger partial charge on any atom is 0.263 e. The van der Waals surface area contributed by atoms with Crippen LogP contribution in [0, 0.1) is 0 Å². The molecule has 0 aliphatic rings. The summed E-state index contributed by atoms with van der Waals surface area (Å²) in [6.07, 6.45) is 3.05. The molecule has 0 atom stereocenters. The number of methoxy groups -OCH3 is 1. The largest absolute Gasteiger partial charge is 0.497 e. The molecule has 0 saturated heterocycles. The Morgan fingerprint density at radius 1 is 1.12 bits per heavy atom. The summed E-state index contributed by atoms with van der Waals surface area (Å²) in [5.74, 6) is 1.14. The smallest absolute Gasteiger partial charge is 0.263 e. The fraction of sp³-hybridized carbons (Fsp3) is 0.105. The Bertz CT molecular complexity index is 981.